The topological polar surface area (TPSA) is 44.4 Å². The minimum Gasteiger partial charge on any atom is -0.365 e. The lowest BCUT2D eigenvalue weighted by atomic mass is 10.0. The van der Waals surface area contributed by atoms with Crippen molar-refractivity contribution in [3.63, 3.8) is 0 Å². The predicted octanol–water partition coefficient (Wildman–Crippen LogP) is 5.22. The summed E-state index contributed by atoms with van der Waals surface area (Å²) in [6.45, 7) is 9.11. The van der Waals surface area contributed by atoms with E-state index < -0.39 is 0 Å². The Balaban J connectivity index is 2.72. The first kappa shape index (κ1) is 22.7. The summed E-state index contributed by atoms with van der Waals surface area (Å²) in [7, 11) is 4.07. The maximum atomic E-state index is 12.4. The number of amides is 1. The molecule has 0 aliphatic rings. The molecule has 0 bridgehead atoms. The van der Waals surface area contributed by atoms with Crippen molar-refractivity contribution in [3.8, 4) is 0 Å². The summed E-state index contributed by atoms with van der Waals surface area (Å²) in [6.07, 6.45) is 8.38. The first-order chi connectivity index (χ1) is 12.8. The molecule has 148 valence electrons. The van der Waals surface area contributed by atoms with Crippen molar-refractivity contribution in [2.24, 2.45) is 0 Å². The summed E-state index contributed by atoms with van der Waals surface area (Å²) in [4.78, 5) is 14.5. The standard InChI is InChI=1S/C23H35N3O/c1-7-10-18(3)21(16-24-19(4)8-2)13-14-23(27)25-22-12-9-11-20(15-22)17-26(5)6/h8-12,15-16,24H,7,13-14,17H2,1-6H3,(H,25,27)/b18-10+,19-8+,21-16-. The lowest BCUT2D eigenvalue weighted by molar-refractivity contribution is -0.116. The molecule has 1 aromatic rings. The van der Waals surface area contributed by atoms with Gasteiger partial charge in [-0.25, -0.2) is 0 Å². The van der Waals surface area contributed by atoms with Crippen LogP contribution in [-0.2, 0) is 11.3 Å². The van der Waals surface area contributed by atoms with E-state index in [1.165, 1.54) is 11.1 Å². The predicted molar refractivity (Wildman–Crippen MR) is 116 cm³/mol. The van der Waals surface area contributed by atoms with Gasteiger partial charge >= 0.3 is 0 Å². The Kier molecular flexibility index (Phi) is 10.2. The highest BCUT2D eigenvalue weighted by Crippen LogP contribution is 2.18. The van der Waals surface area contributed by atoms with E-state index >= 15 is 0 Å². The van der Waals surface area contributed by atoms with Crippen LogP contribution in [-0.4, -0.2) is 24.9 Å². The van der Waals surface area contributed by atoms with Crippen LogP contribution in [0.3, 0.4) is 0 Å². The normalized spacial score (nSPS) is 13.1. The van der Waals surface area contributed by atoms with Crippen LogP contribution in [0, 0.1) is 0 Å². The van der Waals surface area contributed by atoms with E-state index in [0.717, 1.165) is 29.9 Å². The molecule has 0 spiro atoms. The smallest absolute Gasteiger partial charge is 0.224 e. The molecule has 0 aliphatic heterocycles. The van der Waals surface area contributed by atoms with Gasteiger partial charge in [0.2, 0.25) is 5.91 Å². The first-order valence-corrected chi connectivity index (χ1v) is 9.64. The summed E-state index contributed by atoms with van der Waals surface area (Å²) in [5.74, 6) is 0.0370. The van der Waals surface area contributed by atoms with Gasteiger partial charge in [0.25, 0.3) is 0 Å². The fourth-order valence-electron chi connectivity index (χ4n) is 2.69. The van der Waals surface area contributed by atoms with Gasteiger partial charge in [0.15, 0.2) is 0 Å². The molecule has 0 atom stereocenters. The second-order valence-electron chi connectivity index (χ2n) is 7.07. The number of allylic oxidation sites excluding steroid dienone is 5. The maximum absolute atomic E-state index is 12.4. The van der Waals surface area contributed by atoms with E-state index in [2.05, 4.69) is 41.5 Å². The molecule has 1 rings (SSSR count). The second kappa shape index (κ2) is 12.1. The van der Waals surface area contributed by atoms with Crippen molar-refractivity contribution in [2.75, 3.05) is 19.4 Å². The Morgan fingerprint density at radius 1 is 1.19 bits per heavy atom. The first-order valence-electron chi connectivity index (χ1n) is 9.64. The number of anilines is 1. The zero-order valence-corrected chi connectivity index (χ0v) is 17.7. The molecule has 0 saturated carbocycles. The fraction of sp³-hybridized carbons (Fsp3) is 0.435. The molecular formula is C23H35N3O. The molecule has 0 aliphatic carbocycles. The van der Waals surface area contributed by atoms with E-state index in [0.29, 0.717) is 12.8 Å². The Bertz CT molecular complexity index is 699. The van der Waals surface area contributed by atoms with E-state index in [1.54, 1.807) is 0 Å². The van der Waals surface area contributed by atoms with Crippen molar-refractivity contribution in [3.05, 3.63) is 65.0 Å². The molecule has 0 fully saturated rings. The third kappa shape index (κ3) is 9.25. The maximum Gasteiger partial charge on any atom is 0.224 e. The van der Waals surface area contributed by atoms with Crippen LogP contribution in [0.15, 0.2) is 59.5 Å². The third-order valence-electron chi connectivity index (χ3n) is 4.25. The summed E-state index contributed by atoms with van der Waals surface area (Å²) >= 11 is 0. The summed E-state index contributed by atoms with van der Waals surface area (Å²) in [5.41, 5.74) is 5.52. The van der Waals surface area contributed by atoms with Gasteiger partial charge in [0.1, 0.15) is 0 Å². The number of benzene rings is 1. The lowest BCUT2D eigenvalue weighted by Gasteiger charge is -2.12. The summed E-state index contributed by atoms with van der Waals surface area (Å²) in [5, 5.41) is 6.31. The molecule has 27 heavy (non-hydrogen) atoms. The highest BCUT2D eigenvalue weighted by atomic mass is 16.1. The van der Waals surface area contributed by atoms with Crippen LogP contribution in [0.2, 0.25) is 0 Å². The SMILES string of the molecule is C/C=C(\C)N/C=C(CCC(=O)Nc1cccc(CN(C)C)c1)\C(C)=C\CC. The van der Waals surface area contributed by atoms with E-state index in [4.69, 9.17) is 0 Å². The van der Waals surface area contributed by atoms with E-state index in [-0.39, 0.29) is 5.91 Å². The lowest BCUT2D eigenvalue weighted by Crippen LogP contribution is -2.14. The molecule has 1 amide bonds. The zero-order chi connectivity index (χ0) is 20.2. The Morgan fingerprint density at radius 2 is 1.93 bits per heavy atom. The molecular weight excluding hydrogens is 334 g/mol. The molecule has 1 aromatic carbocycles. The van der Waals surface area contributed by atoms with Crippen LogP contribution in [0.25, 0.3) is 0 Å². The van der Waals surface area contributed by atoms with Gasteiger partial charge in [-0.3, -0.25) is 4.79 Å². The number of nitrogens with one attached hydrogen (secondary N) is 2. The highest BCUT2D eigenvalue weighted by Gasteiger charge is 2.07. The van der Waals surface area contributed by atoms with Gasteiger partial charge in [-0.15, -0.1) is 0 Å². The third-order valence-corrected chi connectivity index (χ3v) is 4.25. The largest absolute Gasteiger partial charge is 0.365 e. The molecule has 4 nitrogen and oxygen atoms in total. The molecule has 0 saturated heterocycles. The average molecular weight is 370 g/mol. The van der Waals surface area contributed by atoms with Crippen molar-refractivity contribution in [2.45, 2.75) is 53.5 Å². The quantitative estimate of drug-likeness (QED) is 0.556. The van der Waals surface area contributed by atoms with Crippen molar-refractivity contribution in [1.29, 1.82) is 0 Å². The second-order valence-corrected chi connectivity index (χ2v) is 7.07. The summed E-state index contributed by atoms with van der Waals surface area (Å²) < 4.78 is 0. The number of carbonyl (C=O) groups is 1. The Morgan fingerprint density at radius 3 is 2.56 bits per heavy atom. The fourth-order valence-corrected chi connectivity index (χ4v) is 2.69. The van der Waals surface area contributed by atoms with Crippen molar-refractivity contribution < 1.29 is 4.79 Å². The number of nitrogens with zero attached hydrogens (tertiary/aromatic N) is 1. The molecule has 0 radical (unpaired) electrons. The monoisotopic (exact) mass is 369 g/mol. The molecule has 0 unspecified atom stereocenters. The van der Waals surface area contributed by atoms with Gasteiger partial charge in [-0.05, 0) is 71.0 Å². The van der Waals surface area contributed by atoms with Crippen LogP contribution in [0.4, 0.5) is 5.69 Å². The zero-order valence-electron chi connectivity index (χ0n) is 17.7. The minimum atomic E-state index is 0.0370. The molecule has 0 heterocycles. The van der Waals surface area contributed by atoms with Gasteiger partial charge in [-0.1, -0.05) is 36.8 Å². The van der Waals surface area contributed by atoms with E-state index in [1.807, 2.05) is 58.4 Å². The van der Waals surface area contributed by atoms with Gasteiger partial charge in [0.05, 0.1) is 0 Å². The number of hydrogen-bond donors (Lipinski definition) is 2. The van der Waals surface area contributed by atoms with Crippen molar-refractivity contribution in [1.82, 2.24) is 10.2 Å². The Hall–Kier alpha value is -2.33. The number of rotatable bonds is 10. The van der Waals surface area contributed by atoms with Gasteiger partial charge in [-0.2, -0.15) is 0 Å². The van der Waals surface area contributed by atoms with Crippen molar-refractivity contribution >= 4 is 11.6 Å². The van der Waals surface area contributed by atoms with Crippen LogP contribution in [0.5, 0.6) is 0 Å². The molecule has 0 aromatic heterocycles. The van der Waals surface area contributed by atoms with E-state index in [9.17, 15) is 4.79 Å². The number of hydrogen-bond acceptors (Lipinski definition) is 3. The van der Waals surface area contributed by atoms with Crippen LogP contribution < -0.4 is 10.6 Å². The minimum absolute atomic E-state index is 0.0370. The Labute approximate surface area is 165 Å². The van der Waals surface area contributed by atoms with Crippen LogP contribution >= 0.6 is 0 Å². The highest BCUT2D eigenvalue weighted by molar-refractivity contribution is 5.90. The van der Waals surface area contributed by atoms with Gasteiger partial charge < -0.3 is 15.5 Å². The number of carbonyl (C=O) groups excluding carboxylic acids is 1. The van der Waals surface area contributed by atoms with Gasteiger partial charge in [0, 0.05) is 30.5 Å². The van der Waals surface area contributed by atoms with Crippen LogP contribution in [0.1, 0.15) is 52.5 Å². The molecule has 2 N–H and O–H groups in total. The molecule has 4 heteroatoms. The summed E-state index contributed by atoms with van der Waals surface area (Å²) in [6, 6.07) is 8.03. The average Bonchev–Trinajstić information content (AvgIpc) is 2.61.